The Morgan fingerprint density at radius 1 is 1.23 bits per heavy atom. The van der Waals surface area contributed by atoms with Crippen molar-refractivity contribution >= 4 is 11.9 Å². The predicted octanol–water partition coefficient (Wildman–Crippen LogP) is 4.04. The van der Waals surface area contributed by atoms with E-state index >= 15 is 0 Å². The lowest BCUT2D eigenvalue weighted by molar-refractivity contribution is -0.137. The molecule has 0 unspecified atom stereocenters. The third-order valence-electron chi connectivity index (χ3n) is 3.48. The van der Waals surface area contributed by atoms with E-state index < -0.39 is 29.7 Å². The third kappa shape index (κ3) is 4.87. The van der Waals surface area contributed by atoms with E-state index in [-0.39, 0.29) is 17.1 Å². The molecule has 0 fully saturated rings. The van der Waals surface area contributed by atoms with Gasteiger partial charge in [0.1, 0.15) is 5.76 Å². The molecule has 0 aliphatic heterocycles. The van der Waals surface area contributed by atoms with Crippen molar-refractivity contribution in [1.82, 2.24) is 5.32 Å². The van der Waals surface area contributed by atoms with Crippen LogP contribution in [-0.4, -0.2) is 24.5 Å². The average Bonchev–Trinajstić information content (AvgIpc) is 3.09. The van der Waals surface area contributed by atoms with Crippen LogP contribution in [0.5, 0.6) is 0 Å². The lowest BCUT2D eigenvalue weighted by Gasteiger charge is -2.12. The minimum absolute atomic E-state index is 0.0890. The smallest absolute Gasteiger partial charge is 0.416 e. The summed E-state index contributed by atoms with van der Waals surface area (Å²) in [5.41, 5.74) is -0.649. The number of hydrogen-bond donors (Lipinski definition) is 1. The maximum absolute atomic E-state index is 12.8. The highest BCUT2D eigenvalue weighted by Crippen LogP contribution is 2.32. The van der Waals surface area contributed by atoms with Crippen molar-refractivity contribution in [1.29, 1.82) is 0 Å². The van der Waals surface area contributed by atoms with Crippen LogP contribution in [0, 0.1) is 0 Å². The summed E-state index contributed by atoms with van der Waals surface area (Å²) in [6.45, 7) is 3.76. The number of rotatable bonds is 6. The van der Waals surface area contributed by atoms with Crippen molar-refractivity contribution in [2.75, 3.05) is 6.54 Å². The van der Waals surface area contributed by atoms with Crippen LogP contribution in [0.25, 0.3) is 11.3 Å². The molecule has 1 N–H and O–H groups in total. The number of ether oxygens (including phenoxy) is 1. The van der Waals surface area contributed by atoms with Gasteiger partial charge < -0.3 is 14.5 Å². The van der Waals surface area contributed by atoms with Gasteiger partial charge in [-0.15, -0.1) is 0 Å². The molecular formula is C18H18F3NO4. The molecule has 1 aromatic carbocycles. The van der Waals surface area contributed by atoms with Gasteiger partial charge in [-0.1, -0.05) is 19.1 Å². The van der Waals surface area contributed by atoms with Crippen LogP contribution in [0.1, 0.15) is 36.4 Å². The van der Waals surface area contributed by atoms with Crippen LogP contribution in [0.15, 0.2) is 40.8 Å². The summed E-state index contributed by atoms with van der Waals surface area (Å²) in [5.74, 6) is -1.43. The second kappa shape index (κ2) is 8.07. The summed E-state index contributed by atoms with van der Waals surface area (Å²) in [6.07, 6.45) is -4.76. The van der Waals surface area contributed by atoms with Gasteiger partial charge in [0.05, 0.1) is 5.56 Å². The van der Waals surface area contributed by atoms with Gasteiger partial charge >= 0.3 is 12.1 Å². The number of carbonyl (C=O) groups excluding carboxylic acids is 2. The monoisotopic (exact) mass is 369 g/mol. The summed E-state index contributed by atoms with van der Waals surface area (Å²) in [6, 6.07) is 7.21. The molecule has 1 amide bonds. The van der Waals surface area contributed by atoms with E-state index in [2.05, 4.69) is 5.32 Å². The second-order valence-electron chi connectivity index (χ2n) is 5.58. The lowest BCUT2D eigenvalue weighted by atomic mass is 10.1. The van der Waals surface area contributed by atoms with E-state index in [4.69, 9.17) is 9.15 Å². The van der Waals surface area contributed by atoms with Crippen LogP contribution in [0.2, 0.25) is 0 Å². The van der Waals surface area contributed by atoms with Gasteiger partial charge in [-0.05, 0) is 37.6 Å². The third-order valence-corrected chi connectivity index (χ3v) is 3.48. The molecule has 0 spiro atoms. The Balaban J connectivity index is 2.10. The number of esters is 1. The Hall–Kier alpha value is -2.77. The molecule has 0 aliphatic carbocycles. The lowest BCUT2D eigenvalue weighted by Crippen LogP contribution is -2.36. The van der Waals surface area contributed by atoms with Crippen LogP contribution in [0.4, 0.5) is 13.2 Å². The molecule has 8 heteroatoms. The minimum Gasteiger partial charge on any atom is -0.449 e. The minimum atomic E-state index is -4.48. The zero-order chi connectivity index (χ0) is 19.3. The number of hydrogen-bond acceptors (Lipinski definition) is 4. The van der Waals surface area contributed by atoms with E-state index in [0.717, 1.165) is 18.6 Å². The number of alkyl halides is 3. The Bertz CT molecular complexity index is 783. The van der Waals surface area contributed by atoms with Crippen molar-refractivity contribution in [2.24, 2.45) is 0 Å². The molecular weight excluding hydrogens is 351 g/mol. The summed E-state index contributed by atoms with van der Waals surface area (Å²) < 4.78 is 48.6. The molecule has 2 aromatic rings. The van der Waals surface area contributed by atoms with E-state index in [1.807, 2.05) is 6.92 Å². The summed E-state index contributed by atoms with van der Waals surface area (Å²) in [4.78, 5) is 23.7. The number of amides is 1. The number of nitrogens with one attached hydrogen (secondary N) is 1. The first-order valence-corrected chi connectivity index (χ1v) is 7.98. The topological polar surface area (TPSA) is 68.5 Å². The SMILES string of the molecule is CCCNC(=O)[C@@H](C)OC(=O)c1ccc(-c2cccc(C(F)(F)F)c2)o1. The number of furan rings is 1. The standard InChI is InChI=1S/C18H18F3NO4/c1-3-9-22-16(23)11(2)25-17(24)15-8-7-14(26-15)12-5-4-6-13(10-12)18(19,20)21/h4-8,10-11H,3,9H2,1-2H3,(H,22,23)/t11-/m1/s1. The van der Waals surface area contributed by atoms with Crippen molar-refractivity contribution in [3.63, 3.8) is 0 Å². The molecule has 0 radical (unpaired) electrons. The molecule has 0 aliphatic rings. The molecule has 0 saturated carbocycles. The van der Waals surface area contributed by atoms with Crippen LogP contribution in [0.3, 0.4) is 0 Å². The fourth-order valence-corrected chi connectivity index (χ4v) is 2.12. The van der Waals surface area contributed by atoms with Gasteiger partial charge in [-0.25, -0.2) is 4.79 Å². The quantitative estimate of drug-likeness (QED) is 0.781. The Kier molecular flexibility index (Phi) is 6.07. The maximum Gasteiger partial charge on any atom is 0.416 e. The first-order valence-electron chi connectivity index (χ1n) is 7.98. The molecule has 0 saturated heterocycles. The number of halogens is 3. The largest absolute Gasteiger partial charge is 0.449 e. The first kappa shape index (κ1) is 19.6. The van der Waals surface area contributed by atoms with Gasteiger partial charge in [0, 0.05) is 12.1 Å². The fourth-order valence-electron chi connectivity index (χ4n) is 2.12. The second-order valence-corrected chi connectivity index (χ2v) is 5.58. The Morgan fingerprint density at radius 3 is 2.62 bits per heavy atom. The highest BCUT2D eigenvalue weighted by Gasteiger charge is 2.30. The summed E-state index contributed by atoms with van der Waals surface area (Å²) in [5, 5.41) is 2.59. The summed E-state index contributed by atoms with van der Waals surface area (Å²) in [7, 11) is 0. The van der Waals surface area contributed by atoms with E-state index in [0.29, 0.717) is 6.54 Å². The first-order chi connectivity index (χ1) is 12.2. The van der Waals surface area contributed by atoms with Crippen LogP contribution >= 0.6 is 0 Å². The molecule has 5 nitrogen and oxygen atoms in total. The highest BCUT2D eigenvalue weighted by molar-refractivity contribution is 5.90. The fraction of sp³-hybridized carbons (Fsp3) is 0.333. The van der Waals surface area contributed by atoms with Gasteiger partial charge in [0.25, 0.3) is 5.91 Å². The van der Waals surface area contributed by atoms with Crippen molar-refractivity contribution in [2.45, 2.75) is 32.5 Å². The zero-order valence-corrected chi connectivity index (χ0v) is 14.2. The molecule has 1 heterocycles. The molecule has 140 valence electrons. The number of benzene rings is 1. The summed E-state index contributed by atoms with van der Waals surface area (Å²) >= 11 is 0. The van der Waals surface area contributed by atoms with Gasteiger partial charge in [-0.3, -0.25) is 4.79 Å². The molecule has 1 aromatic heterocycles. The maximum atomic E-state index is 12.8. The van der Waals surface area contributed by atoms with Crippen LogP contribution in [-0.2, 0) is 15.7 Å². The Morgan fingerprint density at radius 2 is 1.96 bits per heavy atom. The average molecular weight is 369 g/mol. The molecule has 1 atom stereocenters. The predicted molar refractivity (Wildman–Crippen MR) is 87.3 cm³/mol. The highest BCUT2D eigenvalue weighted by atomic mass is 19.4. The van der Waals surface area contributed by atoms with E-state index in [9.17, 15) is 22.8 Å². The zero-order valence-electron chi connectivity index (χ0n) is 14.2. The van der Waals surface area contributed by atoms with Crippen molar-refractivity contribution in [3.8, 4) is 11.3 Å². The van der Waals surface area contributed by atoms with Gasteiger partial charge in [0.15, 0.2) is 6.10 Å². The Labute approximate surface area is 148 Å². The molecule has 2 rings (SSSR count). The van der Waals surface area contributed by atoms with Crippen molar-refractivity contribution in [3.05, 3.63) is 47.7 Å². The normalized spacial score (nSPS) is 12.5. The molecule has 26 heavy (non-hydrogen) atoms. The van der Waals surface area contributed by atoms with Crippen LogP contribution < -0.4 is 5.32 Å². The van der Waals surface area contributed by atoms with E-state index in [1.54, 1.807) is 0 Å². The van der Waals surface area contributed by atoms with Crippen molar-refractivity contribution < 1.29 is 31.9 Å². The van der Waals surface area contributed by atoms with Gasteiger partial charge in [-0.2, -0.15) is 13.2 Å². The number of carbonyl (C=O) groups is 2. The van der Waals surface area contributed by atoms with Gasteiger partial charge in [0.2, 0.25) is 5.76 Å². The molecule has 0 bridgehead atoms. The van der Waals surface area contributed by atoms with E-state index in [1.165, 1.54) is 31.2 Å².